The molecule has 1 aliphatic heterocycles. The average Bonchev–Trinajstić information content (AvgIpc) is 3.00. The molecule has 2 aromatic rings. The predicted molar refractivity (Wildman–Crippen MR) is 80.6 cm³/mol. The molecule has 22 heavy (non-hydrogen) atoms. The van der Waals surface area contributed by atoms with Crippen LogP contribution in [0, 0.1) is 0 Å². The summed E-state index contributed by atoms with van der Waals surface area (Å²) in [4.78, 5) is 15.6. The number of fused-ring (bicyclic) bond motifs is 1. The zero-order chi connectivity index (χ0) is 15.4. The molecule has 0 unspecified atom stereocenters. The van der Waals surface area contributed by atoms with Gasteiger partial charge in [-0.15, -0.1) is 0 Å². The molecular weight excluding hydrogens is 306 g/mol. The number of aromatic nitrogens is 1. The SMILES string of the molecule is O=C(/C=C/c1ccc2c(c1)OCO2)OCc1ccc(Cl)nc1. The van der Waals surface area contributed by atoms with Crippen LogP contribution in [0.1, 0.15) is 11.1 Å². The average molecular weight is 318 g/mol. The van der Waals surface area contributed by atoms with E-state index < -0.39 is 5.97 Å². The van der Waals surface area contributed by atoms with Crippen LogP contribution >= 0.6 is 11.6 Å². The topological polar surface area (TPSA) is 57.7 Å². The van der Waals surface area contributed by atoms with Gasteiger partial charge in [0.2, 0.25) is 6.79 Å². The molecule has 3 rings (SSSR count). The van der Waals surface area contributed by atoms with Crippen LogP contribution in [0.5, 0.6) is 11.5 Å². The molecule has 0 N–H and O–H groups in total. The number of ether oxygens (including phenoxy) is 3. The number of benzene rings is 1. The molecule has 1 aromatic heterocycles. The smallest absolute Gasteiger partial charge is 0.331 e. The van der Waals surface area contributed by atoms with E-state index >= 15 is 0 Å². The number of carbonyl (C=O) groups is 1. The Morgan fingerprint density at radius 3 is 2.95 bits per heavy atom. The van der Waals surface area contributed by atoms with Crippen LogP contribution in [-0.2, 0) is 16.1 Å². The lowest BCUT2D eigenvalue weighted by Crippen LogP contribution is -2.00. The molecule has 0 aliphatic carbocycles. The summed E-state index contributed by atoms with van der Waals surface area (Å²) in [7, 11) is 0. The minimum Gasteiger partial charge on any atom is -0.458 e. The molecule has 0 bridgehead atoms. The molecule has 0 saturated carbocycles. The van der Waals surface area contributed by atoms with Crippen molar-refractivity contribution in [1.82, 2.24) is 4.98 Å². The highest BCUT2D eigenvalue weighted by molar-refractivity contribution is 6.29. The van der Waals surface area contributed by atoms with Crippen molar-refractivity contribution in [2.24, 2.45) is 0 Å². The van der Waals surface area contributed by atoms with E-state index in [-0.39, 0.29) is 13.4 Å². The van der Waals surface area contributed by atoms with Gasteiger partial charge in [-0.1, -0.05) is 23.7 Å². The van der Waals surface area contributed by atoms with Crippen LogP contribution in [0.4, 0.5) is 0 Å². The monoisotopic (exact) mass is 317 g/mol. The molecular formula is C16H12ClNO4. The van der Waals surface area contributed by atoms with Gasteiger partial charge in [0.1, 0.15) is 11.8 Å². The maximum atomic E-state index is 11.7. The van der Waals surface area contributed by atoms with Crippen molar-refractivity contribution in [1.29, 1.82) is 0 Å². The van der Waals surface area contributed by atoms with E-state index in [0.29, 0.717) is 16.7 Å². The largest absolute Gasteiger partial charge is 0.458 e. The zero-order valence-corrected chi connectivity index (χ0v) is 12.2. The van der Waals surface area contributed by atoms with Crippen molar-refractivity contribution in [3.63, 3.8) is 0 Å². The molecule has 1 aliphatic rings. The Morgan fingerprint density at radius 2 is 2.14 bits per heavy atom. The third kappa shape index (κ3) is 3.56. The molecule has 2 heterocycles. The molecule has 0 atom stereocenters. The van der Waals surface area contributed by atoms with Gasteiger partial charge in [-0.25, -0.2) is 9.78 Å². The van der Waals surface area contributed by atoms with E-state index in [4.69, 9.17) is 25.8 Å². The number of rotatable bonds is 4. The van der Waals surface area contributed by atoms with E-state index in [1.165, 1.54) is 6.08 Å². The number of esters is 1. The quantitative estimate of drug-likeness (QED) is 0.492. The van der Waals surface area contributed by atoms with E-state index in [0.717, 1.165) is 11.1 Å². The van der Waals surface area contributed by atoms with E-state index in [9.17, 15) is 4.79 Å². The van der Waals surface area contributed by atoms with Crippen molar-refractivity contribution < 1.29 is 19.0 Å². The van der Waals surface area contributed by atoms with Crippen LogP contribution in [0.2, 0.25) is 5.15 Å². The maximum Gasteiger partial charge on any atom is 0.331 e. The molecule has 0 spiro atoms. The van der Waals surface area contributed by atoms with Crippen molar-refractivity contribution in [3.8, 4) is 11.5 Å². The second kappa shape index (κ2) is 6.49. The summed E-state index contributed by atoms with van der Waals surface area (Å²) < 4.78 is 15.6. The highest BCUT2D eigenvalue weighted by atomic mass is 35.5. The van der Waals surface area contributed by atoms with Crippen LogP contribution < -0.4 is 9.47 Å². The van der Waals surface area contributed by atoms with Crippen molar-refractivity contribution in [2.45, 2.75) is 6.61 Å². The van der Waals surface area contributed by atoms with Gasteiger partial charge in [0.25, 0.3) is 0 Å². The van der Waals surface area contributed by atoms with Crippen LogP contribution in [0.3, 0.4) is 0 Å². The second-order valence-corrected chi connectivity index (χ2v) is 4.93. The lowest BCUT2D eigenvalue weighted by atomic mass is 10.2. The predicted octanol–water partition coefficient (Wildman–Crippen LogP) is 3.22. The first-order valence-corrected chi connectivity index (χ1v) is 6.93. The summed E-state index contributed by atoms with van der Waals surface area (Å²) in [5, 5.41) is 0.401. The normalized spacial score (nSPS) is 12.6. The van der Waals surface area contributed by atoms with E-state index in [1.54, 1.807) is 36.5 Å². The standard InChI is InChI=1S/C16H12ClNO4/c17-15-5-2-12(8-18-15)9-20-16(19)6-3-11-1-4-13-14(7-11)22-10-21-13/h1-8H,9-10H2/b6-3+. The summed E-state index contributed by atoms with van der Waals surface area (Å²) in [6, 6.07) is 8.83. The number of halogens is 1. The van der Waals surface area contributed by atoms with Gasteiger partial charge in [0.05, 0.1) is 0 Å². The lowest BCUT2D eigenvalue weighted by molar-refractivity contribution is -0.138. The van der Waals surface area contributed by atoms with Crippen molar-refractivity contribution in [3.05, 3.63) is 58.9 Å². The molecule has 0 fully saturated rings. The van der Waals surface area contributed by atoms with Gasteiger partial charge in [-0.05, 0) is 29.8 Å². The summed E-state index contributed by atoms with van der Waals surface area (Å²) in [6.07, 6.45) is 4.59. The van der Waals surface area contributed by atoms with Gasteiger partial charge < -0.3 is 14.2 Å². The first-order chi connectivity index (χ1) is 10.7. The Bertz CT molecular complexity index is 713. The fourth-order valence-electron chi connectivity index (χ4n) is 1.88. The number of nitrogens with zero attached hydrogens (tertiary/aromatic N) is 1. The van der Waals surface area contributed by atoms with Gasteiger partial charge >= 0.3 is 5.97 Å². The highest BCUT2D eigenvalue weighted by Crippen LogP contribution is 2.32. The third-order valence-corrected chi connectivity index (χ3v) is 3.20. The molecule has 1 aromatic carbocycles. The van der Waals surface area contributed by atoms with Crippen molar-refractivity contribution in [2.75, 3.05) is 6.79 Å². The van der Waals surface area contributed by atoms with Crippen LogP contribution in [-0.4, -0.2) is 17.7 Å². The summed E-state index contributed by atoms with van der Waals surface area (Å²) >= 11 is 5.68. The van der Waals surface area contributed by atoms with Gasteiger partial charge in [-0.3, -0.25) is 0 Å². The minimum absolute atomic E-state index is 0.147. The second-order valence-electron chi connectivity index (χ2n) is 4.54. The Hall–Kier alpha value is -2.53. The van der Waals surface area contributed by atoms with Crippen LogP contribution in [0.15, 0.2) is 42.6 Å². The fraction of sp³-hybridized carbons (Fsp3) is 0.125. The number of pyridine rings is 1. The molecule has 0 radical (unpaired) electrons. The molecule has 5 nitrogen and oxygen atoms in total. The molecule has 0 saturated heterocycles. The maximum absolute atomic E-state index is 11.7. The lowest BCUT2D eigenvalue weighted by Gasteiger charge is -2.02. The number of carbonyl (C=O) groups excluding carboxylic acids is 1. The summed E-state index contributed by atoms with van der Waals surface area (Å²) in [6.45, 7) is 0.369. The number of hydrogen-bond donors (Lipinski definition) is 0. The van der Waals surface area contributed by atoms with Gasteiger partial charge in [-0.2, -0.15) is 0 Å². The van der Waals surface area contributed by atoms with Crippen molar-refractivity contribution >= 4 is 23.6 Å². The molecule has 0 amide bonds. The van der Waals surface area contributed by atoms with E-state index in [2.05, 4.69) is 4.98 Å². The Morgan fingerprint density at radius 1 is 1.27 bits per heavy atom. The number of hydrogen-bond acceptors (Lipinski definition) is 5. The highest BCUT2D eigenvalue weighted by Gasteiger charge is 2.12. The fourth-order valence-corrected chi connectivity index (χ4v) is 1.99. The first-order valence-electron chi connectivity index (χ1n) is 6.55. The Kier molecular flexibility index (Phi) is 4.25. The van der Waals surface area contributed by atoms with Gasteiger partial charge in [0, 0.05) is 17.8 Å². The third-order valence-electron chi connectivity index (χ3n) is 2.98. The molecule has 6 heteroatoms. The molecule has 112 valence electrons. The first kappa shape index (κ1) is 14.4. The summed E-state index contributed by atoms with van der Waals surface area (Å²) in [5.74, 6) is 0.935. The minimum atomic E-state index is -0.437. The zero-order valence-electron chi connectivity index (χ0n) is 11.5. The Balaban J connectivity index is 1.56. The Labute approximate surface area is 132 Å². The van der Waals surface area contributed by atoms with Gasteiger partial charge in [0.15, 0.2) is 11.5 Å². The van der Waals surface area contributed by atoms with E-state index in [1.807, 2.05) is 6.07 Å². The summed E-state index contributed by atoms with van der Waals surface area (Å²) in [5.41, 5.74) is 1.60. The van der Waals surface area contributed by atoms with Crippen LogP contribution in [0.25, 0.3) is 6.08 Å².